The van der Waals surface area contributed by atoms with Gasteiger partial charge in [0, 0.05) is 25.4 Å². The van der Waals surface area contributed by atoms with E-state index < -0.39 is 28.3 Å². The Kier molecular flexibility index (Phi) is 9.64. The van der Waals surface area contributed by atoms with Crippen LogP contribution in [0.2, 0.25) is 4.47 Å². The number of nitrogens with zero attached hydrogens (tertiary/aromatic N) is 3. The fraction of sp³-hybridized carbons (Fsp3) is 0.346. The fourth-order valence-corrected chi connectivity index (χ4v) is 6.61. The summed E-state index contributed by atoms with van der Waals surface area (Å²) < 4.78 is 39.6. The first kappa shape index (κ1) is 29.7. The van der Waals surface area contributed by atoms with Crippen molar-refractivity contribution in [1.82, 2.24) is 19.6 Å². The second-order valence-corrected chi connectivity index (χ2v) is 13.2. The Balaban J connectivity index is 1.54. The number of nitrogens with two attached hydrogens (primary N) is 1. The molecule has 4 rings (SSSR count). The normalized spacial score (nSPS) is 13.6. The summed E-state index contributed by atoms with van der Waals surface area (Å²) in [6, 6.07) is 12.6. The Morgan fingerprint density at radius 3 is 2.65 bits per heavy atom. The van der Waals surface area contributed by atoms with E-state index in [1.807, 2.05) is 44.2 Å². The van der Waals surface area contributed by atoms with E-state index >= 15 is 0 Å². The van der Waals surface area contributed by atoms with Crippen LogP contribution in [0.3, 0.4) is 0 Å². The zero-order valence-corrected chi connectivity index (χ0v) is 24.2. The van der Waals surface area contributed by atoms with Crippen molar-refractivity contribution < 1.29 is 27.5 Å². The number of aliphatic hydroxyl groups is 1. The molecular formula is C26H30ClN5O6S2. The number of carbonyl (C=O) groups is 1. The van der Waals surface area contributed by atoms with Gasteiger partial charge in [0.05, 0.1) is 21.9 Å². The van der Waals surface area contributed by atoms with E-state index in [0.29, 0.717) is 14.9 Å². The van der Waals surface area contributed by atoms with Crippen LogP contribution in [-0.2, 0) is 27.8 Å². The standard InChI is InChI=1S/C26H30ClN5O6S2/c1-16(2)13-32(40(35,36)19-8-9-20-23(11-19)38-25(28)30-20)14-22(33)21(10-17-6-4-3-5-7-17)31-26(34)37-15-18-12-29-24(27)39-18/h3-9,11-12,16,21-22,33H,10,13-15H2,1-2H3,(H2,28,30)(H,31,34). The molecule has 1 amide bonds. The largest absolute Gasteiger partial charge is 0.444 e. The van der Waals surface area contributed by atoms with Crippen molar-refractivity contribution >= 4 is 56.2 Å². The number of aromatic nitrogens is 2. The second-order valence-electron chi connectivity index (χ2n) is 9.56. The zero-order valence-electron chi connectivity index (χ0n) is 21.9. The third-order valence-corrected chi connectivity index (χ3v) is 8.83. The summed E-state index contributed by atoms with van der Waals surface area (Å²) in [7, 11) is -4.07. The van der Waals surface area contributed by atoms with Crippen molar-refractivity contribution in [2.45, 2.75) is 43.9 Å². The van der Waals surface area contributed by atoms with Gasteiger partial charge >= 0.3 is 6.09 Å². The molecule has 2 aromatic heterocycles. The lowest BCUT2D eigenvalue weighted by atomic mass is 10.0. The van der Waals surface area contributed by atoms with Crippen LogP contribution in [0.15, 0.2) is 64.0 Å². The number of amides is 1. The average molecular weight is 608 g/mol. The van der Waals surface area contributed by atoms with Gasteiger partial charge in [-0.25, -0.2) is 18.2 Å². The van der Waals surface area contributed by atoms with Crippen LogP contribution in [0, 0.1) is 5.92 Å². The molecule has 0 aliphatic rings. The molecular weight excluding hydrogens is 578 g/mol. The summed E-state index contributed by atoms with van der Waals surface area (Å²) in [6.45, 7) is 3.55. The number of benzene rings is 2. The molecule has 214 valence electrons. The number of thiazole rings is 1. The molecule has 4 N–H and O–H groups in total. The monoisotopic (exact) mass is 607 g/mol. The van der Waals surface area contributed by atoms with Gasteiger partial charge in [0.2, 0.25) is 10.0 Å². The molecule has 0 fully saturated rings. The fourth-order valence-electron chi connectivity index (χ4n) is 4.08. The minimum absolute atomic E-state index is 0.0285. The van der Waals surface area contributed by atoms with E-state index in [1.54, 1.807) is 0 Å². The maximum atomic E-state index is 13.7. The maximum Gasteiger partial charge on any atom is 0.407 e. The molecule has 0 spiro atoms. The summed E-state index contributed by atoms with van der Waals surface area (Å²) >= 11 is 7.02. The molecule has 2 atom stereocenters. The van der Waals surface area contributed by atoms with Crippen LogP contribution < -0.4 is 11.1 Å². The number of alkyl carbamates (subject to hydrolysis) is 1. The van der Waals surface area contributed by atoms with Crippen LogP contribution in [0.1, 0.15) is 24.3 Å². The molecule has 0 radical (unpaired) electrons. The molecule has 0 saturated carbocycles. The van der Waals surface area contributed by atoms with E-state index in [0.717, 1.165) is 5.56 Å². The van der Waals surface area contributed by atoms with E-state index in [9.17, 15) is 18.3 Å². The molecule has 0 aliphatic carbocycles. The summed E-state index contributed by atoms with van der Waals surface area (Å²) in [4.78, 5) is 21.2. The van der Waals surface area contributed by atoms with Gasteiger partial charge in [0.1, 0.15) is 12.1 Å². The number of rotatable bonds is 12. The first-order chi connectivity index (χ1) is 19.0. The molecule has 14 heteroatoms. The number of halogens is 1. The Hall–Kier alpha value is -3.23. The van der Waals surface area contributed by atoms with Gasteiger partial charge in [-0.1, -0.05) is 55.8 Å². The third kappa shape index (κ3) is 7.70. The van der Waals surface area contributed by atoms with Crippen molar-refractivity contribution in [3.05, 3.63) is 69.6 Å². The Morgan fingerprint density at radius 2 is 1.98 bits per heavy atom. The van der Waals surface area contributed by atoms with E-state index in [2.05, 4.69) is 15.3 Å². The number of fused-ring (bicyclic) bond motifs is 1. The van der Waals surface area contributed by atoms with Gasteiger partial charge in [-0.2, -0.15) is 9.29 Å². The molecule has 0 saturated heterocycles. The summed E-state index contributed by atoms with van der Waals surface area (Å²) in [5.74, 6) is -0.0524. The minimum Gasteiger partial charge on any atom is -0.444 e. The van der Waals surface area contributed by atoms with Crippen LogP contribution >= 0.6 is 22.9 Å². The number of hydrogen-bond donors (Lipinski definition) is 3. The van der Waals surface area contributed by atoms with Crippen LogP contribution in [0.5, 0.6) is 0 Å². The molecule has 0 bridgehead atoms. The molecule has 4 aromatic rings. The maximum absolute atomic E-state index is 13.7. The summed E-state index contributed by atoms with van der Waals surface area (Å²) in [5.41, 5.74) is 7.11. The highest BCUT2D eigenvalue weighted by Gasteiger charge is 2.32. The van der Waals surface area contributed by atoms with E-state index in [1.165, 1.54) is 40.0 Å². The smallest absolute Gasteiger partial charge is 0.407 e. The predicted octanol–water partition coefficient (Wildman–Crippen LogP) is 4.07. The van der Waals surface area contributed by atoms with Crippen molar-refractivity contribution in [2.24, 2.45) is 5.92 Å². The second kappa shape index (κ2) is 13.0. The van der Waals surface area contributed by atoms with E-state index in [4.69, 9.17) is 26.5 Å². The first-order valence-electron chi connectivity index (χ1n) is 12.4. The molecule has 2 unspecified atom stereocenters. The first-order valence-corrected chi connectivity index (χ1v) is 15.1. The lowest BCUT2D eigenvalue weighted by molar-refractivity contribution is 0.0876. The Labute approximate surface area is 241 Å². The van der Waals surface area contributed by atoms with Gasteiger partial charge in [0.15, 0.2) is 10.0 Å². The number of nitrogen functional groups attached to an aromatic ring is 1. The van der Waals surface area contributed by atoms with E-state index in [-0.39, 0.29) is 48.5 Å². The van der Waals surface area contributed by atoms with Crippen molar-refractivity contribution in [3.63, 3.8) is 0 Å². The van der Waals surface area contributed by atoms with Crippen LogP contribution in [-0.4, -0.2) is 59.1 Å². The highest BCUT2D eigenvalue weighted by molar-refractivity contribution is 7.89. The highest BCUT2D eigenvalue weighted by atomic mass is 35.5. The molecule has 11 nitrogen and oxygen atoms in total. The Morgan fingerprint density at radius 1 is 1.23 bits per heavy atom. The molecule has 2 heterocycles. The summed E-state index contributed by atoms with van der Waals surface area (Å²) in [6.07, 6.45) is -0.294. The number of sulfonamides is 1. The predicted molar refractivity (Wildman–Crippen MR) is 152 cm³/mol. The summed E-state index contributed by atoms with van der Waals surface area (Å²) in [5, 5.41) is 14.0. The number of oxazole rings is 1. The number of ether oxygens (including phenoxy) is 1. The van der Waals surface area contributed by atoms with Crippen molar-refractivity contribution in [3.8, 4) is 0 Å². The van der Waals surface area contributed by atoms with Crippen molar-refractivity contribution in [2.75, 3.05) is 18.8 Å². The van der Waals surface area contributed by atoms with Crippen molar-refractivity contribution in [1.29, 1.82) is 0 Å². The quantitative estimate of drug-likeness (QED) is 0.216. The van der Waals surface area contributed by atoms with Gasteiger partial charge in [-0.15, -0.1) is 11.3 Å². The van der Waals surface area contributed by atoms with Crippen LogP contribution in [0.4, 0.5) is 10.8 Å². The topological polar surface area (TPSA) is 161 Å². The zero-order chi connectivity index (χ0) is 28.9. The number of hydrogen-bond acceptors (Lipinski definition) is 10. The lowest BCUT2D eigenvalue weighted by Crippen LogP contribution is -2.51. The van der Waals surface area contributed by atoms with Crippen LogP contribution in [0.25, 0.3) is 11.1 Å². The number of carbonyl (C=O) groups excluding carboxylic acids is 1. The molecule has 40 heavy (non-hydrogen) atoms. The highest BCUT2D eigenvalue weighted by Crippen LogP contribution is 2.25. The minimum atomic E-state index is -4.07. The number of anilines is 1. The average Bonchev–Trinajstić information content (AvgIpc) is 3.50. The SMILES string of the molecule is CC(C)CN(CC(O)C(Cc1ccccc1)NC(=O)OCc1cnc(Cl)s1)S(=O)(=O)c1ccc2nc(N)oc2c1. The molecule has 2 aromatic carbocycles. The van der Waals surface area contributed by atoms with Gasteiger partial charge in [0.25, 0.3) is 6.01 Å². The van der Waals surface area contributed by atoms with Gasteiger partial charge in [-0.3, -0.25) is 0 Å². The third-order valence-electron chi connectivity index (χ3n) is 5.91. The molecule has 0 aliphatic heterocycles. The number of aliphatic hydroxyl groups excluding tert-OH is 1. The van der Waals surface area contributed by atoms with Gasteiger partial charge < -0.3 is 25.3 Å². The Bertz CT molecular complexity index is 1540. The number of nitrogens with one attached hydrogen (secondary N) is 1. The lowest BCUT2D eigenvalue weighted by Gasteiger charge is -2.30. The van der Waals surface area contributed by atoms with Gasteiger partial charge in [-0.05, 0) is 30.0 Å².